The van der Waals surface area contributed by atoms with Gasteiger partial charge < -0.3 is 9.84 Å². The summed E-state index contributed by atoms with van der Waals surface area (Å²) in [4.78, 5) is 27.6. The Labute approximate surface area is 225 Å². The summed E-state index contributed by atoms with van der Waals surface area (Å²) in [5.74, 6) is 0.786. The third-order valence-electron chi connectivity index (χ3n) is 7.13. The van der Waals surface area contributed by atoms with Crippen LogP contribution in [0.25, 0.3) is 11.1 Å². The van der Waals surface area contributed by atoms with Gasteiger partial charge in [0.05, 0.1) is 7.11 Å². The van der Waals surface area contributed by atoms with Gasteiger partial charge in [0, 0.05) is 24.9 Å². The first-order valence-electron chi connectivity index (χ1n) is 13.5. The van der Waals surface area contributed by atoms with Crippen LogP contribution in [0, 0.1) is 0 Å². The van der Waals surface area contributed by atoms with Crippen molar-refractivity contribution in [2.24, 2.45) is 0 Å². The number of allylic oxidation sites excluding steroid dienone is 1. The van der Waals surface area contributed by atoms with Crippen molar-refractivity contribution in [2.45, 2.75) is 44.6 Å². The zero-order valence-corrected chi connectivity index (χ0v) is 22.1. The van der Waals surface area contributed by atoms with Crippen LogP contribution in [0.3, 0.4) is 0 Å². The molecule has 1 heterocycles. The smallest absolute Gasteiger partial charge is 0.162 e. The van der Waals surface area contributed by atoms with Gasteiger partial charge in [0.15, 0.2) is 11.6 Å². The Morgan fingerprint density at radius 3 is 2.16 bits per heavy atom. The number of nitrogens with zero attached hydrogens (tertiary/aromatic N) is 1. The van der Waals surface area contributed by atoms with E-state index in [4.69, 9.17) is 4.74 Å². The number of aliphatic hydroxyl groups excluding tert-OH is 1. The number of carbonyl (C=O) groups is 2. The van der Waals surface area contributed by atoms with Crippen LogP contribution in [-0.2, 0) is 4.79 Å². The molecule has 0 amide bonds. The third kappa shape index (κ3) is 7.73. The van der Waals surface area contributed by atoms with Crippen molar-refractivity contribution in [3.8, 4) is 16.9 Å². The summed E-state index contributed by atoms with van der Waals surface area (Å²) < 4.78 is 5.14. The minimum Gasteiger partial charge on any atom is -0.497 e. The molecule has 0 saturated carbocycles. The van der Waals surface area contributed by atoms with Gasteiger partial charge in [-0.3, -0.25) is 14.5 Å². The molecule has 0 spiro atoms. The summed E-state index contributed by atoms with van der Waals surface area (Å²) in [6, 6.07) is 25.2. The average molecular weight is 512 g/mol. The quantitative estimate of drug-likeness (QED) is 0.163. The topological polar surface area (TPSA) is 66.8 Å². The minimum absolute atomic E-state index is 0.00366. The number of hydrogen-bond donors (Lipinski definition) is 1. The molecule has 1 N–H and O–H groups in total. The van der Waals surface area contributed by atoms with Crippen molar-refractivity contribution in [1.82, 2.24) is 4.90 Å². The number of unbranched alkanes of at least 4 members (excludes halogenated alkanes) is 1. The van der Waals surface area contributed by atoms with Crippen molar-refractivity contribution in [2.75, 3.05) is 26.7 Å². The van der Waals surface area contributed by atoms with E-state index in [1.165, 1.54) is 0 Å². The molecule has 1 atom stereocenters. The molecule has 198 valence electrons. The highest BCUT2D eigenvalue weighted by molar-refractivity contribution is 5.96. The van der Waals surface area contributed by atoms with E-state index in [0.29, 0.717) is 37.8 Å². The highest BCUT2D eigenvalue weighted by Gasteiger charge is 2.20. The Kier molecular flexibility index (Phi) is 10.0. The predicted octanol–water partition coefficient (Wildman–Crippen LogP) is 6.43. The van der Waals surface area contributed by atoms with Crippen molar-refractivity contribution >= 4 is 11.6 Å². The molecule has 0 radical (unpaired) electrons. The zero-order valence-electron chi connectivity index (χ0n) is 22.1. The summed E-state index contributed by atoms with van der Waals surface area (Å²) in [5.41, 5.74) is 4.40. The molecule has 1 aliphatic heterocycles. The number of ether oxygens (including phenoxy) is 1. The monoisotopic (exact) mass is 511 g/mol. The van der Waals surface area contributed by atoms with E-state index in [0.717, 1.165) is 53.9 Å². The van der Waals surface area contributed by atoms with Crippen molar-refractivity contribution in [3.63, 3.8) is 0 Å². The molecule has 5 heteroatoms. The van der Waals surface area contributed by atoms with E-state index in [1.54, 1.807) is 37.5 Å². The van der Waals surface area contributed by atoms with Gasteiger partial charge in [-0.1, -0.05) is 54.6 Å². The first-order valence-corrected chi connectivity index (χ1v) is 13.5. The van der Waals surface area contributed by atoms with E-state index in [9.17, 15) is 14.7 Å². The van der Waals surface area contributed by atoms with Gasteiger partial charge in [0.25, 0.3) is 0 Å². The lowest BCUT2D eigenvalue weighted by atomic mass is 9.96. The van der Waals surface area contributed by atoms with Crippen LogP contribution < -0.4 is 4.74 Å². The number of ketones is 2. The van der Waals surface area contributed by atoms with Crippen molar-refractivity contribution < 1.29 is 19.4 Å². The summed E-state index contributed by atoms with van der Waals surface area (Å²) in [5, 5.41) is 11.3. The second-order valence-electron chi connectivity index (χ2n) is 9.92. The molecule has 1 aliphatic rings. The maximum atomic E-state index is 12.9. The van der Waals surface area contributed by atoms with Gasteiger partial charge in [-0.15, -0.1) is 0 Å². The standard InChI is InChI=1S/C33H37NO4/c1-38-31-19-17-27(18-20-31)32(36)12-6-5-11-30(35)23-29(24-34-21-7-8-22-34)33(37)28-15-13-26(14-16-28)25-9-3-2-4-10-25/h2-4,9-10,13-20,23,33,37H,5-8,11-12,21-22,24H2,1H3/b29-23-/t33-/m1/s1. The highest BCUT2D eigenvalue weighted by atomic mass is 16.5. The van der Waals surface area contributed by atoms with Gasteiger partial charge in [-0.25, -0.2) is 0 Å². The van der Waals surface area contributed by atoms with E-state index >= 15 is 0 Å². The third-order valence-corrected chi connectivity index (χ3v) is 7.13. The fraction of sp³-hybridized carbons (Fsp3) is 0.333. The number of carbonyl (C=O) groups excluding carboxylic acids is 2. The summed E-state index contributed by atoms with van der Waals surface area (Å²) in [7, 11) is 1.60. The maximum Gasteiger partial charge on any atom is 0.162 e. The SMILES string of the molecule is COc1ccc(C(=O)CCCCC(=O)/C=C(/CN2CCCC2)[C@H](O)c2ccc(-c3ccccc3)cc2)cc1. The zero-order chi connectivity index (χ0) is 26.7. The molecule has 1 fully saturated rings. The summed E-state index contributed by atoms with van der Waals surface area (Å²) in [6.07, 6.45) is 5.14. The van der Waals surface area contributed by atoms with Gasteiger partial charge in [0.2, 0.25) is 0 Å². The molecule has 0 aromatic heterocycles. The van der Waals surface area contributed by atoms with Crippen LogP contribution in [0.2, 0.25) is 0 Å². The lowest BCUT2D eigenvalue weighted by Gasteiger charge is -2.22. The van der Waals surface area contributed by atoms with Gasteiger partial charge >= 0.3 is 0 Å². The number of benzene rings is 3. The number of aliphatic hydroxyl groups is 1. The summed E-state index contributed by atoms with van der Waals surface area (Å²) in [6.45, 7) is 2.56. The van der Waals surface area contributed by atoms with Crippen LogP contribution in [0.1, 0.15) is 60.6 Å². The Bertz CT molecular complexity index is 1210. The number of rotatable bonds is 13. The van der Waals surface area contributed by atoms with Gasteiger partial charge in [0.1, 0.15) is 11.9 Å². The Morgan fingerprint density at radius 1 is 0.868 bits per heavy atom. The van der Waals surface area contributed by atoms with Gasteiger partial charge in [-0.2, -0.15) is 0 Å². The van der Waals surface area contributed by atoms with Crippen molar-refractivity contribution in [3.05, 3.63) is 102 Å². The van der Waals surface area contributed by atoms with E-state index in [1.807, 2.05) is 42.5 Å². The van der Waals surface area contributed by atoms with Crippen LogP contribution in [0.5, 0.6) is 5.75 Å². The van der Waals surface area contributed by atoms with Gasteiger partial charge in [-0.05, 0) is 91.4 Å². The maximum absolute atomic E-state index is 12.9. The fourth-order valence-electron chi connectivity index (χ4n) is 4.90. The van der Waals surface area contributed by atoms with E-state index in [2.05, 4.69) is 17.0 Å². The number of hydrogen-bond acceptors (Lipinski definition) is 5. The number of methoxy groups -OCH3 is 1. The predicted molar refractivity (Wildman–Crippen MR) is 151 cm³/mol. The molecule has 3 aromatic carbocycles. The number of Topliss-reactive ketones (excluding diaryl/α,β-unsaturated/α-hetero) is 1. The second-order valence-corrected chi connectivity index (χ2v) is 9.92. The molecular formula is C33H37NO4. The van der Waals surface area contributed by atoms with Crippen LogP contribution in [-0.4, -0.2) is 48.3 Å². The lowest BCUT2D eigenvalue weighted by Crippen LogP contribution is -2.25. The van der Waals surface area contributed by atoms with Crippen LogP contribution >= 0.6 is 0 Å². The van der Waals surface area contributed by atoms with Crippen LogP contribution in [0.4, 0.5) is 0 Å². The molecular weight excluding hydrogens is 474 g/mol. The molecule has 0 bridgehead atoms. The van der Waals surface area contributed by atoms with E-state index in [-0.39, 0.29) is 11.6 Å². The first kappa shape index (κ1) is 27.5. The van der Waals surface area contributed by atoms with Crippen molar-refractivity contribution in [1.29, 1.82) is 0 Å². The van der Waals surface area contributed by atoms with E-state index < -0.39 is 6.10 Å². The number of likely N-dealkylation sites (tertiary alicyclic amines) is 1. The average Bonchev–Trinajstić information content (AvgIpc) is 3.48. The normalized spacial score (nSPS) is 14.8. The lowest BCUT2D eigenvalue weighted by molar-refractivity contribution is -0.114. The highest BCUT2D eigenvalue weighted by Crippen LogP contribution is 2.27. The molecule has 38 heavy (non-hydrogen) atoms. The van der Waals surface area contributed by atoms with Crippen LogP contribution in [0.15, 0.2) is 90.5 Å². The Balaban J connectivity index is 1.36. The largest absolute Gasteiger partial charge is 0.497 e. The molecule has 4 rings (SSSR count). The Hall–Kier alpha value is -3.54. The first-order chi connectivity index (χ1) is 18.5. The summed E-state index contributed by atoms with van der Waals surface area (Å²) >= 11 is 0. The molecule has 0 aliphatic carbocycles. The molecule has 3 aromatic rings. The molecule has 1 saturated heterocycles. The molecule has 5 nitrogen and oxygen atoms in total. The fourth-order valence-corrected chi connectivity index (χ4v) is 4.90. The second kappa shape index (κ2) is 13.8. The minimum atomic E-state index is -0.832. The Morgan fingerprint density at radius 2 is 1.50 bits per heavy atom. The molecule has 0 unspecified atom stereocenters.